The molecule has 30 heavy (non-hydrogen) atoms. The van der Waals surface area contributed by atoms with Crippen LogP contribution in [0.25, 0.3) is 11.0 Å². The molecule has 160 valence electrons. The van der Waals surface area contributed by atoms with Gasteiger partial charge in [0.1, 0.15) is 11.4 Å². The van der Waals surface area contributed by atoms with E-state index in [2.05, 4.69) is 20.1 Å². The molecule has 0 amide bonds. The molecule has 0 fully saturated rings. The lowest BCUT2D eigenvalue weighted by molar-refractivity contribution is -0.145. The summed E-state index contributed by atoms with van der Waals surface area (Å²) in [5.74, 6) is -1.03. The molecule has 0 aliphatic carbocycles. The van der Waals surface area contributed by atoms with Crippen molar-refractivity contribution in [1.29, 1.82) is 0 Å². The lowest BCUT2D eigenvalue weighted by Crippen LogP contribution is -2.33. The van der Waals surface area contributed by atoms with Gasteiger partial charge in [0.2, 0.25) is 0 Å². The Morgan fingerprint density at radius 2 is 1.87 bits per heavy atom. The van der Waals surface area contributed by atoms with Gasteiger partial charge in [-0.05, 0) is 24.1 Å². The van der Waals surface area contributed by atoms with Gasteiger partial charge in [-0.15, -0.1) is 5.10 Å². The first-order chi connectivity index (χ1) is 13.9. The minimum Gasteiger partial charge on any atom is -0.320 e. The number of aromatic amines is 1. The van der Waals surface area contributed by atoms with Gasteiger partial charge in [0, 0.05) is 19.3 Å². The van der Waals surface area contributed by atoms with E-state index in [1.54, 1.807) is 0 Å². The maximum absolute atomic E-state index is 13.1. The Kier molecular flexibility index (Phi) is 4.60. The first kappa shape index (κ1) is 20.3. The smallest absolute Gasteiger partial charge is 0.320 e. The monoisotopic (exact) mass is 432 g/mol. The highest BCUT2D eigenvalue weighted by atomic mass is 19.4. The maximum Gasteiger partial charge on any atom is 0.453 e. The van der Waals surface area contributed by atoms with Gasteiger partial charge in [-0.3, -0.25) is 14.7 Å². The number of nitrogens with one attached hydrogen (secondary N) is 1. The number of pyridine rings is 2. The van der Waals surface area contributed by atoms with E-state index in [-0.39, 0.29) is 42.1 Å². The summed E-state index contributed by atoms with van der Waals surface area (Å²) in [5, 5.41) is 3.46. The van der Waals surface area contributed by atoms with Gasteiger partial charge >= 0.3 is 12.4 Å². The van der Waals surface area contributed by atoms with Crippen molar-refractivity contribution in [1.82, 2.24) is 29.6 Å². The van der Waals surface area contributed by atoms with E-state index >= 15 is 0 Å². The van der Waals surface area contributed by atoms with Gasteiger partial charge in [-0.25, -0.2) is 9.67 Å². The fourth-order valence-corrected chi connectivity index (χ4v) is 3.50. The molecular weight excluding hydrogens is 418 g/mol. The van der Waals surface area contributed by atoms with E-state index < -0.39 is 29.3 Å². The van der Waals surface area contributed by atoms with Crippen LogP contribution >= 0.6 is 0 Å². The van der Waals surface area contributed by atoms with Gasteiger partial charge in [-0.1, -0.05) is 0 Å². The van der Waals surface area contributed by atoms with E-state index in [1.807, 2.05) is 4.90 Å². The van der Waals surface area contributed by atoms with E-state index in [0.717, 1.165) is 0 Å². The lowest BCUT2D eigenvalue weighted by Gasteiger charge is -2.26. The maximum atomic E-state index is 13.1. The van der Waals surface area contributed by atoms with E-state index in [9.17, 15) is 31.1 Å². The van der Waals surface area contributed by atoms with Crippen molar-refractivity contribution in [3.8, 4) is 0 Å². The summed E-state index contributed by atoms with van der Waals surface area (Å²) in [4.78, 5) is 23.5. The number of hydrogen-bond acceptors (Lipinski definition) is 5. The normalized spacial score (nSPS) is 15.6. The predicted molar refractivity (Wildman–Crippen MR) is 91.2 cm³/mol. The van der Waals surface area contributed by atoms with Gasteiger partial charge in [0.15, 0.2) is 0 Å². The Morgan fingerprint density at radius 3 is 2.53 bits per heavy atom. The third-order valence-electron chi connectivity index (χ3n) is 4.83. The van der Waals surface area contributed by atoms with Crippen molar-refractivity contribution < 1.29 is 26.3 Å². The van der Waals surface area contributed by atoms with Crippen LogP contribution in [0.1, 0.15) is 28.3 Å². The molecule has 0 saturated heterocycles. The zero-order valence-corrected chi connectivity index (χ0v) is 15.4. The molecule has 4 heterocycles. The van der Waals surface area contributed by atoms with Crippen molar-refractivity contribution in [2.24, 2.45) is 0 Å². The van der Waals surface area contributed by atoms with Crippen molar-refractivity contribution in [2.75, 3.05) is 6.54 Å². The molecule has 0 atom stereocenters. The minimum absolute atomic E-state index is 0.0267. The number of aromatic nitrogens is 5. The van der Waals surface area contributed by atoms with Crippen LogP contribution in [0.2, 0.25) is 0 Å². The molecule has 4 rings (SSSR count). The summed E-state index contributed by atoms with van der Waals surface area (Å²) in [6, 6.07) is 1.51. The second kappa shape index (κ2) is 6.79. The molecule has 7 nitrogen and oxygen atoms in total. The van der Waals surface area contributed by atoms with Crippen molar-refractivity contribution >= 4 is 11.0 Å². The fourth-order valence-electron chi connectivity index (χ4n) is 3.50. The molecule has 0 saturated carbocycles. The van der Waals surface area contributed by atoms with Crippen LogP contribution < -0.4 is 5.56 Å². The summed E-state index contributed by atoms with van der Waals surface area (Å²) < 4.78 is 78.8. The third kappa shape index (κ3) is 3.64. The number of nitrogens with zero attached hydrogens (tertiary/aromatic N) is 5. The quantitative estimate of drug-likeness (QED) is 0.630. The number of halogens is 6. The molecule has 1 N–H and O–H groups in total. The number of H-pyrrole nitrogens is 1. The Balaban J connectivity index is 1.59. The molecule has 13 heteroatoms. The van der Waals surface area contributed by atoms with Gasteiger partial charge in [0.05, 0.1) is 24.1 Å². The van der Waals surface area contributed by atoms with E-state index in [4.69, 9.17) is 0 Å². The zero-order valence-electron chi connectivity index (χ0n) is 15.4. The summed E-state index contributed by atoms with van der Waals surface area (Å²) in [6.07, 6.45) is -8.05. The second-order valence-corrected chi connectivity index (χ2v) is 6.97. The Hall–Kier alpha value is -2.96. The standard InChI is InChI=1S/C17H14F6N6O/c1-8-12(16(18,19)20)14(30)25-10-4-9(5-24-13(8)10)6-28-2-3-29-11(7-28)26-15(27-29)17(21,22)23/h4-5H,2-3,6-7H2,1H3,(H,25,30). The number of rotatable bonds is 2. The SMILES string of the molecule is Cc1c(C(F)(F)F)c(=O)[nH]c2cc(CN3CCn4nc(C(F)(F)F)nc4C3)cnc12. The number of fused-ring (bicyclic) bond motifs is 2. The molecule has 0 radical (unpaired) electrons. The first-order valence-electron chi connectivity index (χ1n) is 8.75. The topological polar surface area (TPSA) is 79.7 Å². The van der Waals surface area contributed by atoms with Crippen LogP contribution in [0, 0.1) is 6.92 Å². The first-order valence-corrected chi connectivity index (χ1v) is 8.75. The molecule has 0 aromatic carbocycles. The predicted octanol–water partition coefficient (Wildman–Crippen LogP) is 2.88. The number of aryl methyl sites for hydroxylation is 1. The largest absolute Gasteiger partial charge is 0.453 e. The molecular formula is C17H14F6N6O. The fraction of sp³-hybridized carbons (Fsp3) is 0.412. The highest BCUT2D eigenvalue weighted by Gasteiger charge is 2.38. The van der Waals surface area contributed by atoms with Gasteiger partial charge in [-0.2, -0.15) is 26.3 Å². The minimum atomic E-state index is -4.80. The molecule has 0 spiro atoms. The molecule has 0 bridgehead atoms. The van der Waals surface area contributed by atoms with E-state index in [0.29, 0.717) is 12.1 Å². The van der Waals surface area contributed by atoms with Crippen LogP contribution in [-0.2, 0) is 32.0 Å². The Bertz CT molecular complexity index is 1180. The summed E-state index contributed by atoms with van der Waals surface area (Å²) in [7, 11) is 0. The molecule has 3 aromatic rings. The molecule has 1 aliphatic rings. The second-order valence-electron chi connectivity index (χ2n) is 6.97. The third-order valence-corrected chi connectivity index (χ3v) is 4.83. The van der Waals surface area contributed by atoms with E-state index in [1.165, 1.54) is 23.9 Å². The van der Waals surface area contributed by atoms with Crippen LogP contribution in [0.5, 0.6) is 0 Å². The highest BCUT2D eigenvalue weighted by Crippen LogP contribution is 2.31. The molecule has 3 aromatic heterocycles. The van der Waals surface area contributed by atoms with Gasteiger partial charge < -0.3 is 4.98 Å². The molecule has 0 unspecified atom stereocenters. The average molecular weight is 432 g/mol. The van der Waals surface area contributed by atoms with Crippen LogP contribution in [-0.4, -0.2) is 36.2 Å². The van der Waals surface area contributed by atoms with Gasteiger partial charge in [0.25, 0.3) is 11.4 Å². The Morgan fingerprint density at radius 1 is 1.13 bits per heavy atom. The summed E-state index contributed by atoms with van der Waals surface area (Å²) >= 11 is 0. The molecule has 1 aliphatic heterocycles. The van der Waals surface area contributed by atoms with Crippen molar-refractivity contribution in [3.05, 3.63) is 51.0 Å². The zero-order chi connectivity index (χ0) is 21.8. The average Bonchev–Trinajstić information content (AvgIpc) is 3.04. The Labute approximate surface area is 164 Å². The van der Waals surface area contributed by atoms with Crippen LogP contribution in [0.3, 0.4) is 0 Å². The summed E-state index contributed by atoms with van der Waals surface area (Å²) in [6.45, 7) is 2.17. The highest BCUT2D eigenvalue weighted by molar-refractivity contribution is 5.79. The van der Waals surface area contributed by atoms with Crippen LogP contribution in [0.15, 0.2) is 17.1 Å². The summed E-state index contributed by atoms with van der Waals surface area (Å²) in [5.41, 5.74) is -2.04. The lowest BCUT2D eigenvalue weighted by atomic mass is 10.1. The number of alkyl halides is 6. The van der Waals surface area contributed by atoms with Crippen LogP contribution in [0.4, 0.5) is 26.3 Å². The van der Waals surface area contributed by atoms with Crippen molar-refractivity contribution in [3.63, 3.8) is 0 Å². The number of hydrogen-bond donors (Lipinski definition) is 1. The van der Waals surface area contributed by atoms with Crippen molar-refractivity contribution in [2.45, 2.75) is 38.9 Å².